The number of anilines is 1. The first-order valence-corrected chi connectivity index (χ1v) is 6.15. The van der Waals surface area contributed by atoms with Crippen LogP contribution in [0.3, 0.4) is 0 Å². The topological polar surface area (TPSA) is 39.9 Å². The summed E-state index contributed by atoms with van der Waals surface area (Å²) < 4.78 is 0. The van der Waals surface area contributed by atoms with Crippen molar-refractivity contribution in [3.8, 4) is 6.07 Å². The van der Waals surface area contributed by atoms with E-state index in [1.165, 1.54) is 0 Å². The normalized spacial score (nSPS) is 12.1. The van der Waals surface area contributed by atoms with Crippen molar-refractivity contribution < 1.29 is 0 Å². The van der Waals surface area contributed by atoms with Gasteiger partial charge >= 0.3 is 0 Å². The highest BCUT2D eigenvalue weighted by Gasteiger charge is 2.12. The lowest BCUT2D eigenvalue weighted by Gasteiger charge is -2.26. The van der Waals surface area contributed by atoms with Crippen LogP contribution in [0.15, 0.2) is 30.5 Å². The van der Waals surface area contributed by atoms with E-state index >= 15 is 0 Å². The lowest BCUT2D eigenvalue weighted by molar-refractivity contribution is 0.704. The molecule has 1 heterocycles. The second-order valence-electron chi connectivity index (χ2n) is 4.31. The molecule has 0 N–H and O–H groups in total. The Bertz CT molecular complexity index is 604. The summed E-state index contributed by atoms with van der Waals surface area (Å²) in [6, 6.07) is 10.00. The average molecular weight is 260 g/mol. The number of hydrogen-bond donors (Lipinski definition) is 0. The number of rotatable bonds is 3. The maximum absolute atomic E-state index is 8.78. The summed E-state index contributed by atoms with van der Waals surface area (Å²) in [6.07, 6.45) is 2.26. The molecule has 3 nitrogen and oxygen atoms in total. The first kappa shape index (κ1) is 12.7. The van der Waals surface area contributed by atoms with E-state index in [1.807, 2.05) is 38.2 Å². The Balaban J connectivity index is 2.48. The van der Waals surface area contributed by atoms with Gasteiger partial charge in [-0.25, -0.2) is 0 Å². The van der Waals surface area contributed by atoms with E-state index in [9.17, 15) is 0 Å². The smallest absolute Gasteiger partial charge is 0.0737 e. The Labute approximate surface area is 112 Å². The van der Waals surface area contributed by atoms with Crippen LogP contribution in [0, 0.1) is 11.3 Å². The fourth-order valence-corrected chi connectivity index (χ4v) is 2.09. The van der Waals surface area contributed by atoms with E-state index < -0.39 is 0 Å². The van der Waals surface area contributed by atoms with E-state index in [0.717, 1.165) is 16.6 Å². The Morgan fingerprint density at radius 2 is 2.22 bits per heavy atom. The van der Waals surface area contributed by atoms with E-state index in [0.29, 0.717) is 11.4 Å². The van der Waals surface area contributed by atoms with Gasteiger partial charge in [-0.1, -0.05) is 11.6 Å². The van der Waals surface area contributed by atoms with Gasteiger partial charge in [-0.3, -0.25) is 4.98 Å². The molecule has 2 aromatic rings. The molecule has 0 aliphatic rings. The molecule has 1 aromatic carbocycles. The molecule has 0 saturated carbocycles. The molecular formula is C14H14ClN3. The van der Waals surface area contributed by atoms with Crippen molar-refractivity contribution in [2.75, 3.05) is 11.9 Å². The molecule has 0 bridgehead atoms. The van der Waals surface area contributed by atoms with Crippen molar-refractivity contribution in [3.05, 3.63) is 35.5 Å². The van der Waals surface area contributed by atoms with Gasteiger partial charge in [-0.15, -0.1) is 0 Å². The summed E-state index contributed by atoms with van der Waals surface area (Å²) >= 11 is 5.97. The highest BCUT2D eigenvalue weighted by Crippen LogP contribution is 2.28. The minimum Gasteiger partial charge on any atom is -0.370 e. The van der Waals surface area contributed by atoms with Crippen molar-refractivity contribution in [2.45, 2.75) is 19.4 Å². The monoisotopic (exact) mass is 259 g/mol. The van der Waals surface area contributed by atoms with Crippen molar-refractivity contribution >= 4 is 28.2 Å². The fraction of sp³-hybridized carbons (Fsp3) is 0.286. The Morgan fingerprint density at radius 3 is 2.94 bits per heavy atom. The van der Waals surface area contributed by atoms with Gasteiger partial charge in [0.15, 0.2) is 0 Å². The minimum absolute atomic E-state index is 0.163. The van der Waals surface area contributed by atoms with Crippen LogP contribution in [0.25, 0.3) is 10.9 Å². The number of hydrogen-bond acceptors (Lipinski definition) is 3. The van der Waals surface area contributed by atoms with Crippen molar-refractivity contribution in [1.29, 1.82) is 5.26 Å². The van der Waals surface area contributed by atoms with Crippen molar-refractivity contribution in [2.24, 2.45) is 0 Å². The van der Waals surface area contributed by atoms with Gasteiger partial charge in [-0.05, 0) is 31.2 Å². The number of benzene rings is 1. The third-order valence-electron chi connectivity index (χ3n) is 3.11. The molecule has 0 radical (unpaired) electrons. The molecule has 0 amide bonds. The average Bonchev–Trinajstić information content (AvgIpc) is 2.37. The molecule has 18 heavy (non-hydrogen) atoms. The number of nitriles is 1. The predicted molar refractivity (Wildman–Crippen MR) is 74.8 cm³/mol. The molecule has 2 rings (SSSR count). The summed E-state index contributed by atoms with van der Waals surface area (Å²) in [5, 5.41) is 10.5. The van der Waals surface area contributed by atoms with Gasteiger partial charge in [0.1, 0.15) is 0 Å². The molecule has 0 spiro atoms. The van der Waals surface area contributed by atoms with Crippen LogP contribution >= 0.6 is 11.6 Å². The lowest BCUT2D eigenvalue weighted by Crippen LogP contribution is -2.28. The molecule has 0 saturated heterocycles. The minimum atomic E-state index is 0.163. The van der Waals surface area contributed by atoms with Crippen molar-refractivity contribution in [3.63, 3.8) is 0 Å². The quantitative estimate of drug-likeness (QED) is 0.845. The van der Waals surface area contributed by atoms with Crippen LogP contribution in [-0.2, 0) is 0 Å². The highest BCUT2D eigenvalue weighted by molar-refractivity contribution is 6.31. The van der Waals surface area contributed by atoms with Crippen LogP contribution in [0.5, 0.6) is 0 Å². The second-order valence-corrected chi connectivity index (χ2v) is 4.75. The zero-order chi connectivity index (χ0) is 13.1. The maximum Gasteiger partial charge on any atom is 0.0737 e. The number of pyridine rings is 1. The first-order chi connectivity index (χ1) is 8.63. The number of fused-ring (bicyclic) bond motifs is 1. The van der Waals surface area contributed by atoms with Gasteiger partial charge in [0.05, 0.1) is 18.0 Å². The van der Waals surface area contributed by atoms with Gasteiger partial charge in [0.2, 0.25) is 0 Å². The predicted octanol–water partition coefficient (Wildman–Crippen LogP) is 3.63. The molecule has 1 atom stereocenters. The Hall–Kier alpha value is -1.79. The molecule has 92 valence electrons. The summed E-state index contributed by atoms with van der Waals surface area (Å²) in [6.45, 7) is 2.03. The zero-order valence-corrected chi connectivity index (χ0v) is 11.1. The lowest BCUT2D eigenvalue weighted by atomic mass is 10.1. The summed E-state index contributed by atoms with van der Waals surface area (Å²) in [7, 11) is 1.99. The Morgan fingerprint density at radius 1 is 1.44 bits per heavy atom. The van der Waals surface area contributed by atoms with Crippen LogP contribution in [0.2, 0.25) is 5.02 Å². The van der Waals surface area contributed by atoms with Crippen LogP contribution in [-0.4, -0.2) is 18.1 Å². The van der Waals surface area contributed by atoms with E-state index in [1.54, 1.807) is 6.20 Å². The van der Waals surface area contributed by atoms with Crippen LogP contribution in [0.4, 0.5) is 5.69 Å². The highest BCUT2D eigenvalue weighted by atomic mass is 35.5. The van der Waals surface area contributed by atoms with Gasteiger partial charge < -0.3 is 4.90 Å². The molecular weight excluding hydrogens is 246 g/mol. The number of aromatic nitrogens is 1. The molecule has 0 fully saturated rings. The fourth-order valence-electron chi connectivity index (χ4n) is 1.92. The summed E-state index contributed by atoms with van der Waals surface area (Å²) in [5.74, 6) is 0. The number of nitrogens with zero attached hydrogens (tertiary/aromatic N) is 3. The molecule has 1 unspecified atom stereocenters. The maximum atomic E-state index is 8.78. The van der Waals surface area contributed by atoms with Gasteiger partial charge in [0.25, 0.3) is 0 Å². The van der Waals surface area contributed by atoms with Gasteiger partial charge in [0, 0.05) is 35.4 Å². The third-order valence-corrected chi connectivity index (χ3v) is 3.34. The number of halogens is 1. The van der Waals surface area contributed by atoms with E-state index in [2.05, 4.69) is 16.0 Å². The SMILES string of the molecule is CC(CC#N)N(C)c1ccnc2cc(Cl)ccc12. The molecule has 1 aromatic heterocycles. The van der Waals surface area contributed by atoms with E-state index in [-0.39, 0.29) is 6.04 Å². The largest absolute Gasteiger partial charge is 0.370 e. The van der Waals surface area contributed by atoms with Crippen molar-refractivity contribution in [1.82, 2.24) is 4.98 Å². The molecule has 4 heteroatoms. The summed E-state index contributed by atoms with van der Waals surface area (Å²) in [5.41, 5.74) is 1.94. The van der Waals surface area contributed by atoms with Crippen LogP contribution < -0.4 is 4.90 Å². The molecule has 0 aliphatic heterocycles. The standard InChI is InChI=1S/C14H14ClN3/c1-10(5-7-16)18(2)14-6-8-17-13-9-11(15)3-4-12(13)14/h3-4,6,8-10H,5H2,1-2H3. The van der Waals surface area contributed by atoms with Crippen LogP contribution in [0.1, 0.15) is 13.3 Å². The first-order valence-electron chi connectivity index (χ1n) is 5.77. The van der Waals surface area contributed by atoms with Gasteiger partial charge in [-0.2, -0.15) is 5.26 Å². The second kappa shape index (κ2) is 5.24. The van der Waals surface area contributed by atoms with E-state index in [4.69, 9.17) is 16.9 Å². The zero-order valence-electron chi connectivity index (χ0n) is 10.4. The third kappa shape index (κ3) is 2.39. The Kier molecular flexibility index (Phi) is 3.69. The summed E-state index contributed by atoms with van der Waals surface area (Å²) in [4.78, 5) is 6.41. The molecule has 0 aliphatic carbocycles.